The Morgan fingerprint density at radius 2 is 2.12 bits per heavy atom. The van der Waals surface area contributed by atoms with Gasteiger partial charge in [0.25, 0.3) is 0 Å². The van der Waals surface area contributed by atoms with Gasteiger partial charge >= 0.3 is 0 Å². The van der Waals surface area contributed by atoms with Gasteiger partial charge in [0.05, 0.1) is 0 Å². The summed E-state index contributed by atoms with van der Waals surface area (Å²) in [6, 6.07) is 6.82. The average Bonchev–Trinajstić information content (AvgIpc) is 2.25. The van der Waals surface area contributed by atoms with E-state index in [1.807, 2.05) is 26.1 Å². The monoisotopic (exact) mass is 234 g/mol. The zero-order valence-electron chi connectivity index (χ0n) is 10.9. The molecule has 0 aromatic heterocycles. The second-order valence-electron chi connectivity index (χ2n) is 4.95. The summed E-state index contributed by atoms with van der Waals surface area (Å²) in [4.78, 5) is 2.27. The molecule has 0 heterocycles. The Bertz CT molecular complexity index is 388. The Hall–Kier alpha value is -1.22. The fourth-order valence-electron chi connectivity index (χ4n) is 2.26. The number of phenolic OH excluding ortho intramolecular Hbond substituents is 1. The van der Waals surface area contributed by atoms with Gasteiger partial charge in [0.15, 0.2) is 0 Å². The number of aromatic hydroxyl groups is 1. The molecule has 0 aliphatic heterocycles. The molecule has 2 N–H and O–H groups in total. The number of phenols is 1. The van der Waals surface area contributed by atoms with Crippen LogP contribution in [-0.2, 0) is 0 Å². The van der Waals surface area contributed by atoms with Gasteiger partial charge in [-0.2, -0.15) is 0 Å². The van der Waals surface area contributed by atoms with Crippen molar-refractivity contribution in [2.75, 3.05) is 19.0 Å². The van der Waals surface area contributed by atoms with Crippen LogP contribution in [0, 0.1) is 0 Å². The lowest BCUT2D eigenvalue weighted by Gasteiger charge is -2.36. The van der Waals surface area contributed by atoms with Crippen molar-refractivity contribution in [3.05, 3.63) is 23.8 Å². The van der Waals surface area contributed by atoms with Gasteiger partial charge in [-0.05, 0) is 39.3 Å². The molecule has 1 saturated carbocycles. The van der Waals surface area contributed by atoms with Crippen LogP contribution in [0.25, 0.3) is 0 Å². The highest BCUT2D eigenvalue weighted by atomic mass is 16.3. The number of hydrogen-bond acceptors (Lipinski definition) is 3. The van der Waals surface area contributed by atoms with Gasteiger partial charge in [-0.15, -0.1) is 0 Å². The van der Waals surface area contributed by atoms with Gasteiger partial charge in [-0.3, -0.25) is 0 Å². The minimum Gasteiger partial charge on any atom is -0.508 e. The summed E-state index contributed by atoms with van der Waals surface area (Å²) in [7, 11) is 4.01. The first-order valence-electron chi connectivity index (χ1n) is 6.36. The van der Waals surface area contributed by atoms with Gasteiger partial charge < -0.3 is 15.3 Å². The standard InChI is InChI=1S/C14H22N2O/c1-10(15-2)13-8-7-12(9-14(13)17)16(3)11-5-4-6-11/h7-11,15,17H,4-6H2,1-3H3. The highest BCUT2D eigenvalue weighted by Gasteiger charge is 2.22. The molecule has 17 heavy (non-hydrogen) atoms. The quantitative estimate of drug-likeness (QED) is 0.840. The fraction of sp³-hybridized carbons (Fsp3) is 0.571. The molecular weight excluding hydrogens is 212 g/mol. The number of benzene rings is 1. The summed E-state index contributed by atoms with van der Waals surface area (Å²) >= 11 is 0. The van der Waals surface area contributed by atoms with E-state index in [0.29, 0.717) is 11.8 Å². The van der Waals surface area contributed by atoms with Crippen molar-refractivity contribution in [2.45, 2.75) is 38.3 Å². The molecule has 1 aliphatic rings. The normalized spacial score (nSPS) is 17.6. The van der Waals surface area contributed by atoms with Crippen LogP contribution in [0.3, 0.4) is 0 Å². The van der Waals surface area contributed by atoms with Crippen LogP contribution < -0.4 is 10.2 Å². The van der Waals surface area contributed by atoms with E-state index in [-0.39, 0.29) is 6.04 Å². The third-order valence-corrected chi connectivity index (χ3v) is 3.94. The molecule has 94 valence electrons. The van der Waals surface area contributed by atoms with Gasteiger partial charge in [0.2, 0.25) is 0 Å². The molecule has 1 aromatic carbocycles. The summed E-state index contributed by atoms with van der Waals surface area (Å²) < 4.78 is 0. The third-order valence-electron chi connectivity index (χ3n) is 3.94. The largest absolute Gasteiger partial charge is 0.508 e. The zero-order chi connectivity index (χ0) is 12.4. The first-order valence-corrected chi connectivity index (χ1v) is 6.36. The molecule has 1 fully saturated rings. The van der Waals surface area contributed by atoms with Crippen molar-refractivity contribution >= 4 is 5.69 Å². The summed E-state index contributed by atoms with van der Waals surface area (Å²) in [5.74, 6) is 0.385. The third kappa shape index (κ3) is 2.39. The maximum atomic E-state index is 10.0. The lowest BCUT2D eigenvalue weighted by Crippen LogP contribution is -2.37. The Kier molecular flexibility index (Phi) is 3.57. The predicted molar refractivity (Wildman–Crippen MR) is 71.6 cm³/mol. The van der Waals surface area contributed by atoms with Crippen molar-refractivity contribution < 1.29 is 5.11 Å². The molecule has 1 unspecified atom stereocenters. The van der Waals surface area contributed by atoms with Crippen LogP contribution in [0.15, 0.2) is 18.2 Å². The van der Waals surface area contributed by atoms with E-state index in [1.54, 1.807) is 0 Å². The van der Waals surface area contributed by atoms with E-state index < -0.39 is 0 Å². The van der Waals surface area contributed by atoms with Gasteiger partial charge in [-0.1, -0.05) is 6.07 Å². The molecule has 1 atom stereocenters. The van der Waals surface area contributed by atoms with E-state index in [9.17, 15) is 5.11 Å². The average molecular weight is 234 g/mol. The van der Waals surface area contributed by atoms with E-state index in [2.05, 4.69) is 23.3 Å². The van der Waals surface area contributed by atoms with E-state index in [1.165, 1.54) is 19.3 Å². The van der Waals surface area contributed by atoms with Crippen LogP contribution in [0.1, 0.15) is 37.8 Å². The SMILES string of the molecule is CNC(C)c1ccc(N(C)C2CCC2)cc1O. The molecule has 3 nitrogen and oxygen atoms in total. The van der Waals surface area contributed by atoms with Crippen molar-refractivity contribution in [1.29, 1.82) is 0 Å². The molecule has 0 spiro atoms. The van der Waals surface area contributed by atoms with Crippen LogP contribution in [-0.4, -0.2) is 25.2 Å². The minimum absolute atomic E-state index is 0.179. The predicted octanol–water partition coefficient (Wildman–Crippen LogP) is 2.66. The van der Waals surface area contributed by atoms with Crippen molar-refractivity contribution in [2.24, 2.45) is 0 Å². The molecular formula is C14H22N2O. The molecule has 0 bridgehead atoms. The maximum absolute atomic E-state index is 10.0. The van der Waals surface area contributed by atoms with Crippen LogP contribution in [0.5, 0.6) is 5.75 Å². The van der Waals surface area contributed by atoms with Crippen LogP contribution >= 0.6 is 0 Å². The lowest BCUT2D eigenvalue weighted by atomic mass is 9.91. The number of rotatable bonds is 4. The summed E-state index contributed by atoms with van der Waals surface area (Å²) in [5.41, 5.74) is 2.07. The molecule has 0 radical (unpaired) electrons. The second kappa shape index (κ2) is 4.96. The van der Waals surface area contributed by atoms with Crippen molar-refractivity contribution in [3.63, 3.8) is 0 Å². The smallest absolute Gasteiger partial charge is 0.122 e. The first kappa shape index (κ1) is 12.2. The molecule has 0 amide bonds. The van der Waals surface area contributed by atoms with E-state index >= 15 is 0 Å². The summed E-state index contributed by atoms with van der Waals surface area (Å²) in [5, 5.41) is 13.2. The molecule has 0 saturated heterocycles. The van der Waals surface area contributed by atoms with E-state index in [0.717, 1.165) is 11.3 Å². The van der Waals surface area contributed by atoms with Gasteiger partial charge in [-0.25, -0.2) is 0 Å². The first-order chi connectivity index (χ1) is 8.13. The summed E-state index contributed by atoms with van der Waals surface area (Å²) in [6.45, 7) is 2.05. The molecule has 1 aliphatic carbocycles. The topological polar surface area (TPSA) is 35.5 Å². The minimum atomic E-state index is 0.179. The number of nitrogens with one attached hydrogen (secondary N) is 1. The highest BCUT2D eigenvalue weighted by Crippen LogP contribution is 2.32. The molecule has 2 rings (SSSR count). The fourth-order valence-corrected chi connectivity index (χ4v) is 2.26. The van der Waals surface area contributed by atoms with Gasteiger partial charge in [0.1, 0.15) is 5.75 Å². The van der Waals surface area contributed by atoms with Gasteiger partial charge in [0, 0.05) is 36.4 Å². The molecule has 3 heteroatoms. The Labute approximate surface area is 103 Å². The second-order valence-corrected chi connectivity index (χ2v) is 4.95. The van der Waals surface area contributed by atoms with Crippen molar-refractivity contribution in [1.82, 2.24) is 5.32 Å². The Morgan fingerprint density at radius 1 is 1.41 bits per heavy atom. The Morgan fingerprint density at radius 3 is 2.59 bits per heavy atom. The number of hydrogen-bond donors (Lipinski definition) is 2. The number of anilines is 1. The Balaban J connectivity index is 2.17. The van der Waals surface area contributed by atoms with Crippen LogP contribution in [0.4, 0.5) is 5.69 Å². The highest BCUT2D eigenvalue weighted by molar-refractivity contribution is 5.54. The zero-order valence-corrected chi connectivity index (χ0v) is 10.9. The molecule has 1 aromatic rings. The summed E-state index contributed by atoms with van der Waals surface area (Å²) in [6.07, 6.45) is 3.87. The number of nitrogens with zero attached hydrogens (tertiary/aromatic N) is 1. The van der Waals surface area contributed by atoms with Crippen LogP contribution in [0.2, 0.25) is 0 Å². The lowest BCUT2D eigenvalue weighted by molar-refractivity contribution is 0.400. The maximum Gasteiger partial charge on any atom is 0.122 e. The van der Waals surface area contributed by atoms with Crippen molar-refractivity contribution in [3.8, 4) is 5.75 Å². The van der Waals surface area contributed by atoms with E-state index in [4.69, 9.17) is 0 Å².